The Hall–Kier alpha value is -1.75. The van der Waals surface area contributed by atoms with Gasteiger partial charge >= 0.3 is 0 Å². The van der Waals surface area contributed by atoms with Gasteiger partial charge in [-0.2, -0.15) is 5.10 Å². The lowest BCUT2D eigenvalue weighted by Gasteiger charge is -2.20. The normalized spacial score (nSPS) is 12.8. The SMILES string of the molecule is CCCNC(Cc1ncnn1C(C)C)c1ccnc(C)c1. The van der Waals surface area contributed by atoms with Crippen molar-refractivity contribution in [2.75, 3.05) is 6.54 Å². The maximum Gasteiger partial charge on any atom is 0.138 e. The van der Waals surface area contributed by atoms with Gasteiger partial charge < -0.3 is 5.32 Å². The third kappa shape index (κ3) is 4.11. The van der Waals surface area contributed by atoms with Gasteiger partial charge in [-0.05, 0) is 51.4 Å². The average Bonchev–Trinajstić information content (AvgIpc) is 2.91. The molecule has 0 aliphatic carbocycles. The predicted molar refractivity (Wildman–Crippen MR) is 84.1 cm³/mol. The minimum absolute atomic E-state index is 0.244. The Kier molecular flexibility index (Phi) is 5.44. The van der Waals surface area contributed by atoms with Crippen molar-refractivity contribution in [1.82, 2.24) is 25.1 Å². The van der Waals surface area contributed by atoms with Crippen LogP contribution in [0.15, 0.2) is 24.7 Å². The smallest absolute Gasteiger partial charge is 0.138 e. The van der Waals surface area contributed by atoms with Crippen LogP contribution in [0.4, 0.5) is 0 Å². The molecular formula is C16H25N5. The third-order valence-corrected chi connectivity index (χ3v) is 3.49. The monoisotopic (exact) mass is 287 g/mol. The van der Waals surface area contributed by atoms with Gasteiger partial charge in [0.15, 0.2) is 0 Å². The van der Waals surface area contributed by atoms with Crippen LogP contribution in [0.1, 0.15) is 56.4 Å². The molecule has 1 unspecified atom stereocenters. The van der Waals surface area contributed by atoms with Gasteiger partial charge in [0.25, 0.3) is 0 Å². The van der Waals surface area contributed by atoms with Gasteiger partial charge in [-0.3, -0.25) is 4.98 Å². The van der Waals surface area contributed by atoms with Crippen molar-refractivity contribution in [3.8, 4) is 0 Å². The Balaban J connectivity index is 2.22. The highest BCUT2D eigenvalue weighted by atomic mass is 15.3. The third-order valence-electron chi connectivity index (χ3n) is 3.49. The van der Waals surface area contributed by atoms with Crippen LogP contribution in [0, 0.1) is 6.92 Å². The molecule has 0 saturated carbocycles. The average molecular weight is 287 g/mol. The van der Waals surface area contributed by atoms with Crippen molar-refractivity contribution in [1.29, 1.82) is 0 Å². The fraction of sp³-hybridized carbons (Fsp3) is 0.562. The lowest BCUT2D eigenvalue weighted by molar-refractivity contribution is 0.463. The largest absolute Gasteiger partial charge is 0.310 e. The number of nitrogens with one attached hydrogen (secondary N) is 1. The van der Waals surface area contributed by atoms with Gasteiger partial charge in [0.05, 0.1) is 0 Å². The van der Waals surface area contributed by atoms with Crippen LogP contribution in [0.3, 0.4) is 0 Å². The summed E-state index contributed by atoms with van der Waals surface area (Å²) < 4.78 is 1.99. The van der Waals surface area contributed by atoms with E-state index in [1.54, 1.807) is 6.33 Å². The van der Waals surface area contributed by atoms with Gasteiger partial charge in [0.2, 0.25) is 0 Å². The van der Waals surface area contributed by atoms with E-state index in [4.69, 9.17) is 0 Å². The molecule has 0 aromatic carbocycles. The maximum atomic E-state index is 4.43. The fourth-order valence-electron chi connectivity index (χ4n) is 2.44. The van der Waals surface area contributed by atoms with Crippen molar-refractivity contribution < 1.29 is 0 Å². The van der Waals surface area contributed by atoms with E-state index in [9.17, 15) is 0 Å². The molecule has 5 heteroatoms. The Morgan fingerprint density at radius 2 is 2.10 bits per heavy atom. The molecule has 0 spiro atoms. The molecule has 1 N–H and O–H groups in total. The van der Waals surface area contributed by atoms with E-state index in [1.165, 1.54) is 5.56 Å². The summed E-state index contributed by atoms with van der Waals surface area (Å²) in [7, 11) is 0. The van der Waals surface area contributed by atoms with E-state index in [0.717, 1.165) is 30.9 Å². The molecule has 2 aromatic heterocycles. The van der Waals surface area contributed by atoms with Crippen LogP contribution in [-0.4, -0.2) is 26.3 Å². The van der Waals surface area contributed by atoms with Crippen molar-refractivity contribution in [3.05, 3.63) is 41.7 Å². The van der Waals surface area contributed by atoms with Crippen LogP contribution in [0.2, 0.25) is 0 Å². The summed E-state index contributed by atoms with van der Waals surface area (Å²) in [6, 6.07) is 4.79. The van der Waals surface area contributed by atoms with E-state index in [1.807, 2.05) is 17.8 Å². The first kappa shape index (κ1) is 15.6. The molecule has 0 bridgehead atoms. The number of hydrogen-bond donors (Lipinski definition) is 1. The molecule has 0 fully saturated rings. The number of aryl methyl sites for hydroxylation is 1. The van der Waals surface area contributed by atoms with E-state index in [2.05, 4.69) is 53.3 Å². The quantitative estimate of drug-likeness (QED) is 0.851. The number of rotatable bonds is 7. The van der Waals surface area contributed by atoms with Crippen LogP contribution in [0.25, 0.3) is 0 Å². The van der Waals surface area contributed by atoms with Crippen LogP contribution in [0.5, 0.6) is 0 Å². The van der Waals surface area contributed by atoms with E-state index >= 15 is 0 Å². The number of pyridine rings is 1. The lowest BCUT2D eigenvalue weighted by Crippen LogP contribution is -2.26. The Labute approximate surface area is 126 Å². The second-order valence-corrected chi connectivity index (χ2v) is 5.66. The van der Waals surface area contributed by atoms with Crippen LogP contribution < -0.4 is 5.32 Å². The highest BCUT2D eigenvalue weighted by Gasteiger charge is 2.16. The summed E-state index contributed by atoms with van der Waals surface area (Å²) in [5.74, 6) is 1.02. The summed E-state index contributed by atoms with van der Waals surface area (Å²) in [6.07, 6.45) is 5.46. The maximum absolute atomic E-state index is 4.43. The van der Waals surface area contributed by atoms with Crippen molar-refractivity contribution in [2.45, 2.75) is 52.6 Å². The fourth-order valence-corrected chi connectivity index (χ4v) is 2.44. The number of aromatic nitrogens is 4. The van der Waals surface area contributed by atoms with Crippen LogP contribution in [-0.2, 0) is 6.42 Å². The highest BCUT2D eigenvalue weighted by molar-refractivity contribution is 5.20. The van der Waals surface area contributed by atoms with Crippen LogP contribution >= 0.6 is 0 Å². The summed E-state index contributed by atoms with van der Waals surface area (Å²) in [4.78, 5) is 8.71. The Morgan fingerprint density at radius 3 is 2.76 bits per heavy atom. The summed E-state index contributed by atoms with van der Waals surface area (Å²) >= 11 is 0. The van der Waals surface area contributed by atoms with Crippen molar-refractivity contribution in [2.24, 2.45) is 0 Å². The molecule has 1 atom stereocenters. The lowest BCUT2D eigenvalue weighted by atomic mass is 10.0. The standard InChI is InChI=1S/C16H25N5/c1-5-7-18-15(14-6-8-17-13(4)9-14)10-16-19-11-20-21(16)12(2)3/h6,8-9,11-12,15,18H,5,7,10H2,1-4H3. The van der Waals surface area contributed by atoms with Crippen molar-refractivity contribution >= 4 is 0 Å². The molecule has 21 heavy (non-hydrogen) atoms. The topological polar surface area (TPSA) is 55.6 Å². The first-order valence-electron chi connectivity index (χ1n) is 7.66. The molecule has 2 heterocycles. The second kappa shape index (κ2) is 7.31. The van der Waals surface area contributed by atoms with Gasteiger partial charge in [0, 0.05) is 30.4 Å². The van der Waals surface area contributed by atoms with Gasteiger partial charge in [-0.25, -0.2) is 9.67 Å². The summed E-state index contributed by atoms with van der Waals surface area (Å²) in [5, 5.41) is 7.93. The zero-order valence-corrected chi connectivity index (χ0v) is 13.4. The molecule has 2 rings (SSSR count). The zero-order chi connectivity index (χ0) is 15.2. The Bertz CT molecular complexity index is 561. The van der Waals surface area contributed by atoms with Gasteiger partial charge in [-0.1, -0.05) is 6.92 Å². The van der Waals surface area contributed by atoms with Crippen molar-refractivity contribution in [3.63, 3.8) is 0 Å². The minimum atomic E-state index is 0.244. The molecule has 5 nitrogen and oxygen atoms in total. The summed E-state index contributed by atoms with van der Waals surface area (Å²) in [6.45, 7) is 9.45. The highest BCUT2D eigenvalue weighted by Crippen LogP contribution is 2.19. The molecule has 0 aliphatic heterocycles. The second-order valence-electron chi connectivity index (χ2n) is 5.66. The molecule has 2 aromatic rings. The molecule has 0 amide bonds. The zero-order valence-electron chi connectivity index (χ0n) is 13.4. The molecular weight excluding hydrogens is 262 g/mol. The van der Waals surface area contributed by atoms with Gasteiger partial charge in [0.1, 0.15) is 12.2 Å². The summed E-state index contributed by atoms with van der Waals surface area (Å²) in [5.41, 5.74) is 2.30. The minimum Gasteiger partial charge on any atom is -0.310 e. The predicted octanol–water partition coefficient (Wildman–Crippen LogP) is 2.85. The van der Waals surface area contributed by atoms with E-state index < -0.39 is 0 Å². The number of hydrogen-bond acceptors (Lipinski definition) is 4. The first-order valence-corrected chi connectivity index (χ1v) is 7.66. The van der Waals surface area contributed by atoms with Gasteiger partial charge in [-0.15, -0.1) is 0 Å². The first-order chi connectivity index (χ1) is 10.1. The molecule has 0 saturated heterocycles. The molecule has 114 valence electrons. The Morgan fingerprint density at radius 1 is 1.29 bits per heavy atom. The van der Waals surface area contributed by atoms with E-state index in [0.29, 0.717) is 6.04 Å². The molecule has 0 radical (unpaired) electrons. The van der Waals surface area contributed by atoms with E-state index in [-0.39, 0.29) is 6.04 Å². The molecule has 0 aliphatic rings. The number of nitrogens with zero attached hydrogens (tertiary/aromatic N) is 4.